The van der Waals surface area contributed by atoms with Crippen molar-refractivity contribution in [3.63, 3.8) is 0 Å². The van der Waals surface area contributed by atoms with E-state index in [-0.39, 0.29) is 43.4 Å². The second-order valence-electron chi connectivity index (χ2n) is 9.58. The fourth-order valence-corrected chi connectivity index (χ4v) is 4.48. The quantitative estimate of drug-likeness (QED) is 0.419. The van der Waals surface area contributed by atoms with Crippen LogP contribution < -0.4 is 10.1 Å². The standard InChI is InChI=1S/C30H37N3O5/c1-5-11-27(31-30(36)38-20-23-12-8-7-9-13-23)29(35)33-19-22(3)17-25(33)21-37-26-15-10-14-24(18-26)28(34)32(4)16-6-2/h5-10,12-15,18,22,25,27H,1-2,11,16-17,19-21H2,3-4H3,(H,31,36)/t22-,25-,27-/m0/s1. The highest BCUT2D eigenvalue weighted by molar-refractivity contribution is 5.94. The van der Waals surface area contributed by atoms with Gasteiger partial charge in [0.15, 0.2) is 0 Å². The van der Waals surface area contributed by atoms with Gasteiger partial charge >= 0.3 is 6.09 Å². The summed E-state index contributed by atoms with van der Waals surface area (Å²) in [6.45, 7) is 10.9. The Morgan fingerprint density at radius 3 is 2.61 bits per heavy atom. The molecule has 1 fully saturated rings. The average molecular weight is 520 g/mol. The number of carbonyl (C=O) groups excluding carboxylic acids is 3. The maximum atomic E-state index is 13.5. The third-order valence-electron chi connectivity index (χ3n) is 6.38. The Labute approximate surface area is 224 Å². The second-order valence-corrected chi connectivity index (χ2v) is 9.58. The third-order valence-corrected chi connectivity index (χ3v) is 6.38. The lowest BCUT2D eigenvalue weighted by Crippen LogP contribution is -2.51. The van der Waals surface area contributed by atoms with Crippen molar-refractivity contribution in [2.45, 2.75) is 38.5 Å². The van der Waals surface area contributed by atoms with Gasteiger partial charge in [0.1, 0.15) is 25.0 Å². The number of nitrogens with one attached hydrogen (secondary N) is 1. The molecule has 0 aromatic heterocycles. The summed E-state index contributed by atoms with van der Waals surface area (Å²) in [6.07, 6.45) is 3.67. The lowest BCUT2D eigenvalue weighted by Gasteiger charge is -2.29. The van der Waals surface area contributed by atoms with Gasteiger partial charge in [0.2, 0.25) is 5.91 Å². The van der Waals surface area contributed by atoms with Crippen LogP contribution in [0.15, 0.2) is 79.9 Å². The topological polar surface area (TPSA) is 88.2 Å². The number of hydrogen-bond acceptors (Lipinski definition) is 5. The van der Waals surface area contributed by atoms with Gasteiger partial charge in [-0.1, -0.05) is 55.5 Å². The van der Waals surface area contributed by atoms with Crippen molar-refractivity contribution >= 4 is 17.9 Å². The minimum atomic E-state index is -0.787. The molecule has 1 heterocycles. The maximum absolute atomic E-state index is 13.5. The van der Waals surface area contributed by atoms with Gasteiger partial charge in [0.25, 0.3) is 5.91 Å². The first kappa shape index (κ1) is 28.5. The summed E-state index contributed by atoms with van der Waals surface area (Å²) in [7, 11) is 1.71. The summed E-state index contributed by atoms with van der Waals surface area (Å²) in [5.74, 6) is 0.510. The summed E-state index contributed by atoms with van der Waals surface area (Å²) < 4.78 is 11.4. The van der Waals surface area contributed by atoms with Crippen LogP contribution in [0.3, 0.4) is 0 Å². The number of amides is 3. The maximum Gasteiger partial charge on any atom is 0.408 e. The van der Waals surface area contributed by atoms with E-state index in [1.54, 1.807) is 53.3 Å². The van der Waals surface area contributed by atoms with Crippen molar-refractivity contribution in [3.8, 4) is 5.75 Å². The molecule has 1 N–H and O–H groups in total. The number of likely N-dealkylation sites (tertiary alicyclic amines) is 1. The molecular formula is C30H37N3O5. The van der Waals surface area contributed by atoms with Crippen LogP contribution in [0.2, 0.25) is 0 Å². The van der Waals surface area contributed by atoms with E-state index in [9.17, 15) is 14.4 Å². The summed E-state index contributed by atoms with van der Waals surface area (Å²) >= 11 is 0. The molecule has 1 aliphatic heterocycles. The highest BCUT2D eigenvalue weighted by atomic mass is 16.5. The van der Waals surface area contributed by atoms with Gasteiger partial charge in [-0.25, -0.2) is 4.79 Å². The van der Waals surface area contributed by atoms with Crippen molar-refractivity contribution in [2.75, 3.05) is 26.7 Å². The van der Waals surface area contributed by atoms with E-state index < -0.39 is 12.1 Å². The van der Waals surface area contributed by atoms with Crippen molar-refractivity contribution in [2.24, 2.45) is 5.92 Å². The fourth-order valence-electron chi connectivity index (χ4n) is 4.48. The van der Waals surface area contributed by atoms with Gasteiger partial charge in [-0.3, -0.25) is 9.59 Å². The summed E-state index contributed by atoms with van der Waals surface area (Å²) in [5.41, 5.74) is 1.38. The zero-order valence-electron chi connectivity index (χ0n) is 22.2. The van der Waals surface area contributed by atoms with E-state index in [2.05, 4.69) is 25.4 Å². The number of hydrogen-bond donors (Lipinski definition) is 1. The van der Waals surface area contributed by atoms with E-state index in [1.165, 1.54) is 0 Å². The van der Waals surface area contributed by atoms with Crippen LogP contribution in [0, 0.1) is 5.92 Å². The predicted octanol–water partition coefficient (Wildman–Crippen LogP) is 4.43. The molecule has 0 unspecified atom stereocenters. The monoisotopic (exact) mass is 519 g/mol. The Bertz CT molecular complexity index is 1120. The second kappa shape index (κ2) is 14.0. The largest absolute Gasteiger partial charge is 0.491 e. The molecule has 8 heteroatoms. The van der Waals surface area contributed by atoms with Gasteiger partial charge in [-0.05, 0) is 42.5 Å². The highest BCUT2D eigenvalue weighted by Gasteiger charge is 2.37. The van der Waals surface area contributed by atoms with Crippen LogP contribution in [0.25, 0.3) is 0 Å². The molecule has 1 aliphatic rings. The van der Waals surface area contributed by atoms with E-state index in [0.29, 0.717) is 24.4 Å². The number of carbonyl (C=O) groups is 3. The van der Waals surface area contributed by atoms with Gasteiger partial charge in [0, 0.05) is 25.7 Å². The summed E-state index contributed by atoms with van der Waals surface area (Å²) in [5, 5.41) is 2.70. The van der Waals surface area contributed by atoms with Crippen molar-refractivity contribution < 1.29 is 23.9 Å². The molecule has 0 bridgehead atoms. The van der Waals surface area contributed by atoms with Crippen LogP contribution in [0.4, 0.5) is 4.79 Å². The van der Waals surface area contributed by atoms with Crippen molar-refractivity contribution in [1.29, 1.82) is 0 Å². The van der Waals surface area contributed by atoms with Crippen molar-refractivity contribution in [1.82, 2.24) is 15.1 Å². The van der Waals surface area contributed by atoms with Crippen LogP contribution in [0.5, 0.6) is 5.75 Å². The van der Waals surface area contributed by atoms with E-state index in [4.69, 9.17) is 9.47 Å². The Morgan fingerprint density at radius 2 is 1.89 bits per heavy atom. The zero-order chi connectivity index (χ0) is 27.5. The molecule has 0 radical (unpaired) electrons. The molecule has 202 valence electrons. The SMILES string of the molecule is C=CC[C@H](NC(=O)OCc1ccccc1)C(=O)N1C[C@@H](C)C[C@H]1COc1cccc(C(=O)N(C)CC=C)c1. The number of ether oxygens (including phenoxy) is 2. The van der Waals surface area contributed by atoms with Crippen molar-refractivity contribution in [3.05, 3.63) is 91.0 Å². The summed E-state index contributed by atoms with van der Waals surface area (Å²) in [4.78, 5) is 41.9. The first-order chi connectivity index (χ1) is 18.3. The number of likely N-dealkylation sites (N-methyl/N-ethyl adjacent to an activating group) is 1. The molecule has 38 heavy (non-hydrogen) atoms. The Balaban J connectivity index is 1.61. The molecule has 0 aliphatic carbocycles. The van der Waals surface area contributed by atoms with Gasteiger partial charge in [-0.2, -0.15) is 0 Å². The first-order valence-corrected chi connectivity index (χ1v) is 12.8. The number of benzene rings is 2. The highest BCUT2D eigenvalue weighted by Crippen LogP contribution is 2.25. The minimum Gasteiger partial charge on any atom is -0.491 e. The Kier molecular flexibility index (Phi) is 10.5. The van der Waals surface area contributed by atoms with Gasteiger partial charge in [-0.15, -0.1) is 13.2 Å². The molecule has 8 nitrogen and oxygen atoms in total. The predicted molar refractivity (Wildman–Crippen MR) is 147 cm³/mol. The van der Waals surface area contributed by atoms with Crippen LogP contribution in [-0.4, -0.2) is 66.5 Å². The van der Waals surface area contributed by atoms with Crippen LogP contribution in [-0.2, 0) is 16.1 Å². The third kappa shape index (κ3) is 7.96. The molecule has 0 spiro atoms. The number of rotatable bonds is 12. The summed E-state index contributed by atoms with van der Waals surface area (Å²) in [6, 6.07) is 15.4. The van der Waals surface area contributed by atoms with Crippen LogP contribution >= 0.6 is 0 Å². The van der Waals surface area contributed by atoms with Gasteiger partial charge in [0.05, 0.1) is 6.04 Å². The zero-order valence-corrected chi connectivity index (χ0v) is 22.2. The number of nitrogens with zero attached hydrogens (tertiary/aromatic N) is 2. The molecule has 2 aromatic carbocycles. The smallest absolute Gasteiger partial charge is 0.408 e. The van der Waals surface area contributed by atoms with Gasteiger partial charge < -0.3 is 24.6 Å². The molecule has 2 aromatic rings. The van der Waals surface area contributed by atoms with Crippen LogP contribution in [0.1, 0.15) is 35.7 Å². The molecule has 1 saturated heterocycles. The van der Waals surface area contributed by atoms with E-state index >= 15 is 0 Å². The lowest BCUT2D eigenvalue weighted by molar-refractivity contribution is -0.134. The lowest BCUT2D eigenvalue weighted by atomic mass is 10.1. The first-order valence-electron chi connectivity index (χ1n) is 12.8. The molecular weight excluding hydrogens is 482 g/mol. The normalized spacial score (nSPS) is 17.3. The minimum absolute atomic E-state index is 0.115. The Hall–Kier alpha value is -4.07. The average Bonchev–Trinajstić information content (AvgIpc) is 3.30. The fraction of sp³-hybridized carbons (Fsp3) is 0.367. The Morgan fingerprint density at radius 1 is 1.13 bits per heavy atom. The molecule has 3 rings (SSSR count). The molecule has 0 saturated carbocycles. The molecule has 3 atom stereocenters. The van der Waals surface area contributed by atoms with E-state index in [0.717, 1.165) is 12.0 Å². The molecule has 3 amide bonds. The van der Waals surface area contributed by atoms with E-state index in [1.807, 2.05) is 30.3 Å². The number of alkyl carbamates (subject to hydrolysis) is 1.